The van der Waals surface area contributed by atoms with Gasteiger partial charge in [-0.15, -0.1) is 0 Å². The van der Waals surface area contributed by atoms with E-state index < -0.39 is 17.8 Å². The number of aryl methyl sites for hydroxylation is 1. The summed E-state index contributed by atoms with van der Waals surface area (Å²) < 4.78 is 22.7. The fourth-order valence-electron chi connectivity index (χ4n) is 2.60. The van der Waals surface area contributed by atoms with Crippen molar-refractivity contribution in [3.63, 3.8) is 0 Å². The van der Waals surface area contributed by atoms with E-state index in [0.717, 1.165) is 11.3 Å². The van der Waals surface area contributed by atoms with Gasteiger partial charge in [-0.25, -0.2) is 4.39 Å². The molecule has 1 aromatic carbocycles. The van der Waals surface area contributed by atoms with Crippen LogP contribution in [0.5, 0.6) is 0 Å². The number of hydrogen-bond donors (Lipinski definition) is 1. The fraction of sp³-hybridized carbons (Fsp3) is 0.263. The zero-order valence-electron chi connectivity index (χ0n) is 15.2. The van der Waals surface area contributed by atoms with Crippen LogP contribution < -0.4 is 0 Å². The quantitative estimate of drug-likeness (QED) is 0.597. The first-order valence-corrected chi connectivity index (χ1v) is 8.58. The molecule has 0 fully saturated rings. The summed E-state index contributed by atoms with van der Waals surface area (Å²) in [5, 5.41) is 17.1. The molecule has 0 aliphatic heterocycles. The van der Waals surface area contributed by atoms with Gasteiger partial charge in [-0.2, -0.15) is 10.2 Å². The van der Waals surface area contributed by atoms with E-state index in [1.807, 2.05) is 19.3 Å². The van der Waals surface area contributed by atoms with E-state index in [-0.39, 0.29) is 25.0 Å². The third-order valence-corrected chi connectivity index (χ3v) is 4.04. The number of carboxylic acid groups (broad SMARTS) is 1. The summed E-state index contributed by atoms with van der Waals surface area (Å²) in [7, 11) is 1.84. The van der Waals surface area contributed by atoms with E-state index in [4.69, 9.17) is 9.84 Å². The molecule has 3 rings (SSSR count). The largest absolute Gasteiger partial charge is 0.481 e. The number of carboxylic acids is 1. The van der Waals surface area contributed by atoms with Gasteiger partial charge in [0.25, 0.3) is 0 Å². The highest BCUT2D eigenvalue weighted by Crippen LogP contribution is 2.22. The summed E-state index contributed by atoms with van der Waals surface area (Å²) in [5.74, 6) is -2.28. The molecule has 146 valence electrons. The Bertz CT molecular complexity index is 995. The Kier molecular flexibility index (Phi) is 5.83. The van der Waals surface area contributed by atoms with E-state index in [0.29, 0.717) is 12.1 Å². The standard InChI is InChI=1S/C19H19FN4O4/c1-23-7-6-16(22-23)11-24-10-15(9-21-24)13-2-3-14(17(20)8-13)12-28-19(27)5-4-18(25)26/h2-3,6-10H,4-5,11-12H2,1H3,(H,25,26). The molecule has 0 atom stereocenters. The van der Waals surface area contributed by atoms with Gasteiger partial charge in [0.15, 0.2) is 0 Å². The van der Waals surface area contributed by atoms with Crippen LogP contribution >= 0.6 is 0 Å². The molecule has 1 N–H and O–H groups in total. The molecule has 3 aromatic rings. The first-order valence-electron chi connectivity index (χ1n) is 8.58. The molecule has 0 amide bonds. The fourth-order valence-corrected chi connectivity index (χ4v) is 2.60. The molecule has 0 saturated heterocycles. The maximum atomic E-state index is 14.3. The van der Waals surface area contributed by atoms with Gasteiger partial charge < -0.3 is 9.84 Å². The normalized spacial score (nSPS) is 10.8. The molecule has 9 heteroatoms. The minimum atomic E-state index is -1.09. The van der Waals surface area contributed by atoms with Crippen molar-refractivity contribution < 1.29 is 23.8 Å². The molecule has 0 bridgehead atoms. The summed E-state index contributed by atoms with van der Waals surface area (Å²) in [4.78, 5) is 21.9. The van der Waals surface area contributed by atoms with Crippen molar-refractivity contribution in [2.75, 3.05) is 0 Å². The Morgan fingerprint density at radius 1 is 1.21 bits per heavy atom. The van der Waals surface area contributed by atoms with Crippen molar-refractivity contribution in [2.24, 2.45) is 7.05 Å². The zero-order valence-corrected chi connectivity index (χ0v) is 15.2. The molecule has 0 aliphatic carbocycles. The molecule has 0 radical (unpaired) electrons. The highest BCUT2D eigenvalue weighted by atomic mass is 19.1. The van der Waals surface area contributed by atoms with E-state index in [1.165, 1.54) is 12.1 Å². The Labute approximate surface area is 160 Å². The summed E-state index contributed by atoms with van der Waals surface area (Å²) >= 11 is 0. The van der Waals surface area contributed by atoms with Crippen LogP contribution in [0.3, 0.4) is 0 Å². The number of nitrogens with zero attached hydrogens (tertiary/aromatic N) is 4. The Morgan fingerprint density at radius 2 is 2.04 bits per heavy atom. The number of carbonyl (C=O) groups is 2. The lowest BCUT2D eigenvalue weighted by molar-refractivity contribution is -0.148. The number of hydrogen-bond acceptors (Lipinski definition) is 5. The number of ether oxygens (including phenoxy) is 1. The van der Waals surface area contributed by atoms with Gasteiger partial charge >= 0.3 is 11.9 Å². The van der Waals surface area contributed by atoms with E-state index in [2.05, 4.69) is 10.2 Å². The Hall–Kier alpha value is -3.49. The average Bonchev–Trinajstić information content (AvgIpc) is 3.28. The van der Waals surface area contributed by atoms with Crippen LogP contribution in [0.2, 0.25) is 0 Å². The number of benzene rings is 1. The van der Waals surface area contributed by atoms with Crippen LogP contribution in [-0.2, 0) is 34.5 Å². The van der Waals surface area contributed by atoms with E-state index >= 15 is 0 Å². The smallest absolute Gasteiger partial charge is 0.306 e. The zero-order chi connectivity index (χ0) is 20.1. The van der Waals surface area contributed by atoms with Crippen LogP contribution in [0.1, 0.15) is 24.1 Å². The summed E-state index contributed by atoms with van der Waals surface area (Å²) in [6.07, 6.45) is 4.73. The maximum absolute atomic E-state index is 14.3. The molecular formula is C19H19FN4O4. The minimum Gasteiger partial charge on any atom is -0.481 e. The van der Waals surface area contributed by atoms with Gasteiger partial charge in [0, 0.05) is 30.6 Å². The van der Waals surface area contributed by atoms with E-state index in [9.17, 15) is 14.0 Å². The predicted octanol–water partition coefficient (Wildman–Crippen LogP) is 2.38. The summed E-state index contributed by atoms with van der Waals surface area (Å²) in [5.41, 5.74) is 2.47. The first kappa shape index (κ1) is 19.3. The first-order chi connectivity index (χ1) is 13.4. The van der Waals surface area contributed by atoms with Gasteiger partial charge in [-0.3, -0.25) is 19.0 Å². The SMILES string of the molecule is Cn1ccc(Cn2cc(-c3ccc(COC(=O)CCC(=O)O)c(F)c3)cn2)n1. The third kappa shape index (κ3) is 5.03. The van der Waals surface area contributed by atoms with Gasteiger partial charge in [-0.1, -0.05) is 12.1 Å². The molecule has 2 aromatic heterocycles. The topological polar surface area (TPSA) is 99.2 Å². The molecule has 2 heterocycles. The molecule has 0 aliphatic rings. The van der Waals surface area contributed by atoms with Crippen molar-refractivity contribution in [3.05, 3.63) is 59.9 Å². The maximum Gasteiger partial charge on any atom is 0.306 e. The van der Waals surface area contributed by atoms with Crippen LogP contribution in [0.4, 0.5) is 4.39 Å². The second-order valence-corrected chi connectivity index (χ2v) is 6.27. The average molecular weight is 386 g/mol. The number of aromatic nitrogens is 4. The van der Waals surface area contributed by atoms with Crippen molar-refractivity contribution in [3.8, 4) is 11.1 Å². The number of aliphatic carboxylic acids is 1. The monoisotopic (exact) mass is 386 g/mol. The second-order valence-electron chi connectivity index (χ2n) is 6.27. The Morgan fingerprint density at radius 3 is 2.71 bits per heavy atom. The third-order valence-electron chi connectivity index (χ3n) is 4.04. The van der Waals surface area contributed by atoms with Crippen molar-refractivity contribution in [1.82, 2.24) is 19.6 Å². The Balaban J connectivity index is 1.62. The van der Waals surface area contributed by atoms with Crippen LogP contribution in [0.25, 0.3) is 11.1 Å². The van der Waals surface area contributed by atoms with Gasteiger partial charge in [0.2, 0.25) is 0 Å². The van der Waals surface area contributed by atoms with E-state index in [1.54, 1.807) is 27.8 Å². The van der Waals surface area contributed by atoms with Crippen molar-refractivity contribution in [1.29, 1.82) is 0 Å². The highest BCUT2D eigenvalue weighted by Gasteiger charge is 2.11. The predicted molar refractivity (Wildman–Crippen MR) is 96.6 cm³/mol. The molecule has 0 unspecified atom stereocenters. The van der Waals surface area contributed by atoms with Gasteiger partial charge in [-0.05, 0) is 17.7 Å². The molecule has 0 spiro atoms. The number of carbonyl (C=O) groups excluding carboxylic acids is 1. The number of rotatable bonds is 8. The lowest BCUT2D eigenvalue weighted by Crippen LogP contribution is -2.08. The molecule has 8 nitrogen and oxygen atoms in total. The minimum absolute atomic E-state index is 0.216. The summed E-state index contributed by atoms with van der Waals surface area (Å²) in [6, 6.07) is 6.49. The second kappa shape index (κ2) is 8.47. The highest BCUT2D eigenvalue weighted by molar-refractivity contribution is 5.76. The van der Waals surface area contributed by atoms with Crippen molar-refractivity contribution >= 4 is 11.9 Å². The summed E-state index contributed by atoms with van der Waals surface area (Å²) in [6.45, 7) is 0.261. The van der Waals surface area contributed by atoms with Gasteiger partial charge in [0.1, 0.15) is 12.4 Å². The number of esters is 1. The van der Waals surface area contributed by atoms with Crippen molar-refractivity contribution in [2.45, 2.75) is 26.0 Å². The molecule has 0 saturated carbocycles. The lowest BCUT2D eigenvalue weighted by atomic mass is 10.1. The molecule has 28 heavy (non-hydrogen) atoms. The van der Waals surface area contributed by atoms with Crippen LogP contribution in [0, 0.1) is 5.82 Å². The van der Waals surface area contributed by atoms with Crippen LogP contribution in [0.15, 0.2) is 42.9 Å². The van der Waals surface area contributed by atoms with Crippen LogP contribution in [-0.4, -0.2) is 36.6 Å². The van der Waals surface area contributed by atoms with Gasteiger partial charge in [0.05, 0.1) is 31.3 Å². The molecular weight excluding hydrogens is 367 g/mol. The lowest BCUT2D eigenvalue weighted by Gasteiger charge is -2.07. The number of halogens is 1.